The van der Waals surface area contributed by atoms with Gasteiger partial charge in [-0.3, -0.25) is 4.79 Å². The van der Waals surface area contributed by atoms with Crippen LogP contribution >= 0.6 is 0 Å². The van der Waals surface area contributed by atoms with E-state index in [2.05, 4.69) is 5.32 Å². The Hall–Kier alpha value is -2.56. The Balaban J connectivity index is 1.66. The highest BCUT2D eigenvalue weighted by molar-refractivity contribution is 5.93. The lowest BCUT2D eigenvalue weighted by Crippen LogP contribution is -2.35. The molecule has 2 aromatic carbocycles. The van der Waals surface area contributed by atoms with Crippen LogP contribution in [0.15, 0.2) is 42.5 Å². The van der Waals surface area contributed by atoms with E-state index >= 15 is 0 Å². The van der Waals surface area contributed by atoms with Gasteiger partial charge >= 0.3 is 12.0 Å². The van der Waals surface area contributed by atoms with Crippen molar-refractivity contribution in [1.29, 1.82) is 0 Å². The number of carbonyl (C=O) groups excluding carboxylic acids is 1. The van der Waals surface area contributed by atoms with Gasteiger partial charge in [-0.05, 0) is 42.2 Å². The molecule has 2 amide bonds. The molecule has 3 rings (SSSR count). The summed E-state index contributed by atoms with van der Waals surface area (Å²) in [5.74, 6) is -1.10. The highest BCUT2D eigenvalue weighted by Gasteiger charge is 2.24. The van der Waals surface area contributed by atoms with Crippen LogP contribution in [0.5, 0.6) is 0 Å². The summed E-state index contributed by atoms with van der Waals surface area (Å²) in [4.78, 5) is 25.2. The van der Waals surface area contributed by atoms with E-state index in [0.29, 0.717) is 25.9 Å². The van der Waals surface area contributed by atoms with E-state index in [1.54, 1.807) is 4.90 Å². The van der Waals surface area contributed by atoms with Gasteiger partial charge in [-0.25, -0.2) is 4.79 Å². The quantitative estimate of drug-likeness (QED) is 0.891. The third-order valence-corrected chi connectivity index (χ3v) is 4.37. The van der Waals surface area contributed by atoms with E-state index in [4.69, 9.17) is 5.11 Å². The summed E-state index contributed by atoms with van der Waals surface area (Å²) >= 11 is 0. The van der Waals surface area contributed by atoms with E-state index in [-0.39, 0.29) is 11.9 Å². The lowest BCUT2D eigenvalue weighted by molar-refractivity contribution is -0.142. The molecule has 0 radical (unpaired) electrons. The predicted molar refractivity (Wildman–Crippen MR) is 89.5 cm³/mol. The summed E-state index contributed by atoms with van der Waals surface area (Å²) in [6.45, 7) is 1.08. The zero-order valence-corrected chi connectivity index (χ0v) is 12.9. The molecule has 1 fully saturated rings. The fraction of sp³-hybridized carbons (Fsp3) is 0.333. The molecule has 0 aromatic heterocycles. The number of amides is 2. The van der Waals surface area contributed by atoms with E-state index in [1.807, 2.05) is 42.5 Å². The van der Waals surface area contributed by atoms with Crippen LogP contribution in [0.25, 0.3) is 10.8 Å². The van der Waals surface area contributed by atoms with Gasteiger partial charge in [-0.1, -0.05) is 30.3 Å². The van der Waals surface area contributed by atoms with Crippen LogP contribution in [0.2, 0.25) is 0 Å². The Labute approximate surface area is 134 Å². The number of carboxylic acids is 1. The van der Waals surface area contributed by atoms with Crippen LogP contribution < -0.4 is 5.32 Å². The van der Waals surface area contributed by atoms with Gasteiger partial charge in [0.05, 0.1) is 5.92 Å². The zero-order valence-electron chi connectivity index (χ0n) is 12.9. The maximum Gasteiger partial charge on any atom is 0.321 e. The normalized spacial score (nSPS) is 18.4. The van der Waals surface area contributed by atoms with E-state index < -0.39 is 5.97 Å². The first kappa shape index (κ1) is 15.3. The maximum absolute atomic E-state index is 12.4. The number of nitrogens with one attached hydrogen (secondary N) is 1. The number of aliphatic carboxylic acids is 1. The third kappa shape index (κ3) is 3.62. The first-order valence-corrected chi connectivity index (χ1v) is 7.91. The summed E-state index contributed by atoms with van der Waals surface area (Å²) in [5, 5.41) is 14.2. The fourth-order valence-corrected chi connectivity index (χ4v) is 3.02. The number of carboxylic acid groups (broad SMARTS) is 1. The van der Waals surface area contributed by atoms with Crippen molar-refractivity contribution in [2.75, 3.05) is 18.4 Å². The number of hydrogen-bond acceptors (Lipinski definition) is 2. The molecule has 1 heterocycles. The van der Waals surface area contributed by atoms with Gasteiger partial charge in [0.15, 0.2) is 0 Å². The molecule has 0 bridgehead atoms. The third-order valence-electron chi connectivity index (χ3n) is 4.37. The molecule has 1 saturated heterocycles. The highest BCUT2D eigenvalue weighted by Crippen LogP contribution is 2.21. The van der Waals surface area contributed by atoms with Crippen molar-refractivity contribution in [2.24, 2.45) is 5.92 Å². The minimum atomic E-state index is -0.762. The van der Waals surface area contributed by atoms with Gasteiger partial charge in [0, 0.05) is 18.8 Å². The first-order chi connectivity index (χ1) is 11.1. The fourth-order valence-electron chi connectivity index (χ4n) is 3.02. The number of nitrogens with zero attached hydrogens (tertiary/aromatic N) is 1. The largest absolute Gasteiger partial charge is 0.481 e. The molecular formula is C18H20N2O3. The van der Waals surface area contributed by atoms with E-state index in [0.717, 1.165) is 22.9 Å². The van der Waals surface area contributed by atoms with E-state index in [9.17, 15) is 9.59 Å². The molecule has 5 nitrogen and oxygen atoms in total. The number of carbonyl (C=O) groups is 2. The van der Waals surface area contributed by atoms with Gasteiger partial charge in [-0.15, -0.1) is 0 Å². The second kappa shape index (κ2) is 6.69. The Bertz CT molecular complexity index is 729. The lowest BCUT2D eigenvalue weighted by atomic mass is 10.0. The summed E-state index contributed by atoms with van der Waals surface area (Å²) in [6.07, 6.45) is 1.87. The average Bonchev–Trinajstić information content (AvgIpc) is 2.81. The van der Waals surface area contributed by atoms with Crippen molar-refractivity contribution in [3.63, 3.8) is 0 Å². The van der Waals surface area contributed by atoms with Gasteiger partial charge in [0.1, 0.15) is 0 Å². The molecule has 1 atom stereocenters. The maximum atomic E-state index is 12.4. The molecule has 23 heavy (non-hydrogen) atoms. The molecule has 2 aromatic rings. The van der Waals surface area contributed by atoms with Gasteiger partial charge in [0.25, 0.3) is 0 Å². The summed E-state index contributed by atoms with van der Waals surface area (Å²) < 4.78 is 0. The average molecular weight is 312 g/mol. The van der Waals surface area contributed by atoms with Gasteiger partial charge < -0.3 is 15.3 Å². The number of anilines is 1. The van der Waals surface area contributed by atoms with Crippen LogP contribution in [0, 0.1) is 5.92 Å². The topological polar surface area (TPSA) is 69.6 Å². The van der Waals surface area contributed by atoms with Crippen LogP contribution in [0.1, 0.15) is 19.3 Å². The molecular weight excluding hydrogens is 292 g/mol. The van der Waals surface area contributed by atoms with Gasteiger partial charge in [-0.2, -0.15) is 0 Å². The van der Waals surface area contributed by atoms with Crippen LogP contribution in [0.3, 0.4) is 0 Å². The van der Waals surface area contributed by atoms with Crippen LogP contribution in [-0.4, -0.2) is 35.1 Å². The minimum Gasteiger partial charge on any atom is -0.481 e. The number of urea groups is 1. The van der Waals surface area contributed by atoms with Crippen molar-refractivity contribution in [2.45, 2.75) is 19.3 Å². The molecule has 1 aliphatic rings. The lowest BCUT2D eigenvalue weighted by Gasteiger charge is -2.21. The van der Waals surface area contributed by atoms with Crippen molar-refractivity contribution in [3.05, 3.63) is 42.5 Å². The molecule has 1 aliphatic heterocycles. The Morgan fingerprint density at radius 3 is 2.61 bits per heavy atom. The summed E-state index contributed by atoms with van der Waals surface area (Å²) in [6, 6.07) is 13.6. The standard InChI is InChI=1S/C18H20N2O3/c21-17(22)14-6-3-10-20(11-9-14)18(23)19-16-8-7-13-4-1-2-5-15(13)12-16/h1-2,4-5,7-8,12,14H,3,6,9-11H2,(H,19,23)(H,21,22). The minimum absolute atomic E-state index is 0.161. The van der Waals surface area contributed by atoms with Crippen LogP contribution in [0.4, 0.5) is 10.5 Å². The summed E-state index contributed by atoms with van der Waals surface area (Å²) in [7, 11) is 0. The second-order valence-corrected chi connectivity index (χ2v) is 5.95. The molecule has 0 aliphatic carbocycles. The molecule has 2 N–H and O–H groups in total. The number of hydrogen-bond donors (Lipinski definition) is 2. The SMILES string of the molecule is O=C(O)C1CCCN(C(=O)Nc2ccc3ccccc3c2)CC1. The van der Waals surface area contributed by atoms with Crippen molar-refractivity contribution in [3.8, 4) is 0 Å². The summed E-state index contributed by atoms with van der Waals surface area (Å²) in [5.41, 5.74) is 0.757. The Morgan fingerprint density at radius 1 is 1.04 bits per heavy atom. The number of fused-ring (bicyclic) bond motifs is 1. The predicted octanol–water partition coefficient (Wildman–Crippen LogP) is 3.56. The Kier molecular flexibility index (Phi) is 4.46. The molecule has 5 heteroatoms. The Morgan fingerprint density at radius 2 is 1.83 bits per heavy atom. The van der Waals surface area contributed by atoms with Crippen molar-refractivity contribution >= 4 is 28.5 Å². The van der Waals surface area contributed by atoms with Crippen molar-refractivity contribution < 1.29 is 14.7 Å². The highest BCUT2D eigenvalue weighted by atomic mass is 16.4. The first-order valence-electron chi connectivity index (χ1n) is 7.91. The van der Waals surface area contributed by atoms with Crippen LogP contribution in [-0.2, 0) is 4.79 Å². The molecule has 0 saturated carbocycles. The molecule has 0 spiro atoms. The van der Waals surface area contributed by atoms with Gasteiger partial charge in [0.2, 0.25) is 0 Å². The smallest absolute Gasteiger partial charge is 0.321 e. The zero-order chi connectivity index (χ0) is 16.2. The second-order valence-electron chi connectivity index (χ2n) is 5.95. The molecule has 120 valence electrons. The van der Waals surface area contributed by atoms with Crippen molar-refractivity contribution in [1.82, 2.24) is 4.90 Å². The number of likely N-dealkylation sites (tertiary alicyclic amines) is 1. The van der Waals surface area contributed by atoms with E-state index in [1.165, 1.54) is 0 Å². The number of benzene rings is 2. The molecule has 1 unspecified atom stereocenters. The number of rotatable bonds is 2. The monoisotopic (exact) mass is 312 g/mol.